The van der Waals surface area contributed by atoms with Gasteiger partial charge in [0, 0.05) is 17.9 Å². The molecule has 2 aromatic rings. The maximum Gasteiger partial charge on any atom is 0.262 e. The van der Waals surface area contributed by atoms with Crippen LogP contribution in [0.4, 0.5) is 0 Å². The summed E-state index contributed by atoms with van der Waals surface area (Å²) in [7, 11) is 0. The first kappa shape index (κ1) is 14.6. The van der Waals surface area contributed by atoms with Gasteiger partial charge in [-0.3, -0.25) is 4.79 Å². The van der Waals surface area contributed by atoms with E-state index < -0.39 is 5.60 Å². The van der Waals surface area contributed by atoms with Gasteiger partial charge in [0.1, 0.15) is 0 Å². The van der Waals surface area contributed by atoms with Gasteiger partial charge in [-0.1, -0.05) is 30.3 Å². The minimum absolute atomic E-state index is 0.103. The molecule has 110 valence electrons. The van der Waals surface area contributed by atoms with E-state index in [9.17, 15) is 9.90 Å². The van der Waals surface area contributed by atoms with Crippen LogP contribution in [0, 0.1) is 0 Å². The first-order valence-corrected chi connectivity index (χ1v) is 8.93. The fourth-order valence-corrected chi connectivity index (χ4v) is 4.52. The van der Waals surface area contributed by atoms with Crippen LogP contribution in [0.2, 0.25) is 0 Å². The van der Waals surface area contributed by atoms with Crippen LogP contribution in [0.5, 0.6) is 0 Å². The normalized spacial score (nSPS) is 21.4. The van der Waals surface area contributed by atoms with Crippen LogP contribution >= 0.6 is 23.1 Å². The van der Waals surface area contributed by atoms with E-state index in [0.29, 0.717) is 17.2 Å². The molecule has 1 fully saturated rings. The lowest BCUT2D eigenvalue weighted by Gasteiger charge is -2.21. The monoisotopic (exact) mass is 319 g/mol. The van der Waals surface area contributed by atoms with Crippen LogP contribution in [-0.4, -0.2) is 34.7 Å². The summed E-state index contributed by atoms with van der Waals surface area (Å²) in [6, 6.07) is 11.9. The lowest BCUT2D eigenvalue weighted by Crippen LogP contribution is -2.42. The lowest BCUT2D eigenvalue weighted by molar-refractivity contribution is 0.0614. The van der Waals surface area contributed by atoms with E-state index in [2.05, 4.69) is 5.32 Å². The van der Waals surface area contributed by atoms with Crippen molar-refractivity contribution in [2.24, 2.45) is 0 Å². The summed E-state index contributed by atoms with van der Waals surface area (Å²) in [6.45, 7) is 0.324. The Morgan fingerprint density at radius 1 is 1.29 bits per heavy atom. The van der Waals surface area contributed by atoms with Gasteiger partial charge in [-0.25, -0.2) is 0 Å². The number of amides is 1. The summed E-state index contributed by atoms with van der Waals surface area (Å²) in [5, 5.41) is 15.1. The van der Waals surface area contributed by atoms with Crippen molar-refractivity contribution in [3.05, 3.63) is 46.7 Å². The van der Waals surface area contributed by atoms with Gasteiger partial charge in [0.05, 0.1) is 10.5 Å². The summed E-state index contributed by atoms with van der Waals surface area (Å²) >= 11 is 3.17. The number of thioether (sulfide) groups is 1. The third-order valence-electron chi connectivity index (χ3n) is 3.62. The molecule has 1 aliphatic heterocycles. The van der Waals surface area contributed by atoms with Gasteiger partial charge in [-0.2, -0.15) is 11.8 Å². The first-order chi connectivity index (χ1) is 10.2. The molecule has 1 amide bonds. The second kappa shape index (κ2) is 6.22. The van der Waals surface area contributed by atoms with Gasteiger partial charge in [-0.05, 0) is 29.2 Å². The van der Waals surface area contributed by atoms with E-state index in [1.165, 1.54) is 11.3 Å². The zero-order chi connectivity index (χ0) is 14.7. The number of nitrogens with one attached hydrogen (secondary N) is 1. The van der Waals surface area contributed by atoms with Crippen LogP contribution in [-0.2, 0) is 0 Å². The molecule has 1 unspecified atom stereocenters. The number of carbonyl (C=O) groups excluding carboxylic acids is 1. The molecule has 2 heterocycles. The summed E-state index contributed by atoms with van der Waals surface area (Å²) in [6.07, 6.45) is 0.744. The molecule has 0 spiro atoms. The minimum atomic E-state index is -0.746. The SMILES string of the molecule is O=C(NCC1(O)CCSC1)c1sccc1-c1ccccc1. The molecule has 0 aliphatic carbocycles. The van der Waals surface area contributed by atoms with E-state index in [0.717, 1.165) is 23.3 Å². The molecule has 0 bridgehead atoms. The largest absolute Gasteiger partial charge is 0.387 e. The Bertz CT molecular complexity index is 618. The zero-order valence-corrected chi connectivity index (χ0v) is 13.2. The number of hydrogen-bond donors (Lipinski definition) is 2. The van der Waals surface area contributed by atoms with Gasteiger partial charge < -0.3 is 10.4 Å². The highest BCUT2D eigenvalue weighted by molar-refractivity contribution is 7.99. The quantitative estimate of drug-likeness (QED) is 0.911. The zero-order valence-electron chi connectivity index (χ0n) is 11.5. The highest BCUT2D eigenvalue weighted by Gasteiger charge is 2.32. The lowest BCUT2D eigenvalue weighted by atomic mass is 10.0. The predicted octanol–water partition coefficient (Wildman–Crippen LogP) is 3.01. The third-order valence-corrected chi connectivity index (χ3v) is 5.76. The molecule has 2 N–H and O–H groups in total. The van der Waals surface area contributed by atoms with E-state index in [1.807, 2.05) is 41.8 Å². The van der Waals surface area contributed by atoms with Gasteiger partial charge in [0.15, 0.2) is 0 Å². The van der Waals surface area contributed by atoms with Crippen molar-refractivity contribution in [2.75, 3.05) is 18.1 Å². The van der Waals surface area contributed by atoms with Gasteiger partial charge in [-0.15, -0.1) is 11.3 Å². The summed E-state index contributed by atoms with van der Waals surface area (Å²) in [5.74, 6) is 1.55. The van der Waals surface area contributed by atoms with E-state index in [4.69, 9.17) is 0 Å². The molecule has 3 rings (SSSR count). The second-order valence-corrected chi connectivity index (χ2v) is 7.26. The fourth-order valence-electron chi connectivity index (χ4n) is 2.39. The number of thiophene rings is 1. The fraction of sp³-hybridized carbons (Fsp3) is 0.312. The minimum Gasteiger partial charge on any atom is -0.387 e. The highest BCUT2D eigenvalue weighted by atomic mass is 32.2. The van der Waals surface area contributed by atoms with E-state index >= 15 is 0 Å². The van der Waals surface area contributed by atoms with Gasteiger partial charge >= 0.3 is 0 Å². The van der Waals surface area contributed by atoms with Gasteiger partial charge in [0.2, 0.25) is 0 Å². The first-order valence-electron chi connectivity index (χ1n) is 6.89. The van der Waals surface area contributed by atoms with Crippen LogP contribution in [0.1, 0.15) is 16.1 Å². The van der Waals surface area contributed by atoms with Crippen LogP contribution in [0.15, 0.2) is 41.8 Å². The second-order valence-electron chi connectivity index (χ2n) is 5.24. The third kappa shape index (κ3) is 3.31. The van der Waals surface area contributed by atoms with Crippen molar-refractivity contribution >= 4 is 29.0 Å². The number of benzene rings is 1. The Morgan fingerprint density at radius 2 is 2.10 bits per heavy atom. The molecule has 1 aromatic carbocycles. The molecule has 1 saturated heterocycles. The summed E-state index contributed by atoms with van der Waals surface area (Å²) in [5.41, 5.74) is 1.25. The van der Waals surface area contributed by atoms with Crippen LogP contribution in [0.3, 0.4) is 0 Å². The standard InChI is InChI=1S/C16H17NO2S2/c18-15(17-10-16(19)7-9-20-11-16)14-13(6-8-21-14)12-4-2-1-3-5-12/h1-6,8,19H,7,9-11H2,(H,17,18). The Morgan fingerprint density at radius 3 is 2.81 bits per heavy atom. The summed E-state index contributed by atoms with van der Waals surface area (Å²) < 4.78 is 0. The molecule has 1 atom stereocenters. The van der Waals surface area contributed by atoms with E-state index in [1.54, 1.807) is 11.8 Å². The Labute approximate surface area is 132 Å². The van der Waals surface area contributed by atoms with Gasteiger partial charge in [0.25, 0.3) is 5.91 Å². The average Bonchev–Trinajstić information content (AvgIpc) is 3.15. The Hall–Kier alpha value is -1.30. The number of aliphatic hydroxyl groups is 1. The van der Waals surface area contributed by atoms with Crippen LogP contribution < -0.4 is 5.32 Å². The molecular formula is C16H17NO2S2. The highest BCUT2D eigenvalue weighted by Crippen LogP contribution is 2.29. The van der Waals surface area contributed by atoms with Crippen molar-refractivity contribution in [1.29, 1.82) is 0 Å². The summed E-state index contributed by atoms with van der Waals surface area (Å²) in [4.78, 5) is 13.1. The maximum atomic E-state index is 12.4. The molecule has 0 radical (unpaired) electrons. The maximum absolute atomic E-state index is 12.4. The van der Waals surface area contributed by atoms with Crippen molar-refractivity contribution in [2.45, 2.75) is 12.0 Å². The molecule has 1 aliphatic rings. The van der Waals surface area contributed by atoms with Crippen molar-refractivity contribution < 1.29 is 9.90 Å². The Kier molecular flexibility index (Phi) is 4.33. The van der Waals surface area contributed by atoms with Crippen molar-refractivity contribution in [1.82, 2.24) is 5.32 Å². The van der Waals surface area contributed by atoms with E-state index in [-0.39, 0.29) is 5.91 Å². The number of rotatable bonds is 4. The predicted molar refractivity (Wildman–Crippen MR) is 89.0 cm³/mol. The molecule has 21 heavy (non-hydrogen) atoms. The molecule has 3 nitrogen and oxygen atoms in total. The molecule has 5 heteroatoms. The smallest absolute Gasteiger partial charge is 0.262 e. The Balaban J connectivity index is 1.72. The average molecular weight is 319 g/mol. The van der Waals surface area contributed by atoms with Crippen LogP contribution in [0.25, 0.3) is 11.1 Å². The van der Waals surface area contributed by atoms with Crippen molar-refractivity contribution in [3.8, 4) is 11.1 Å². The van der Waals surface area contributed by atoms with Crippen molar-refractivity contribution in [3.63, 3.8) is 0 Å². The molecule has 1 aromatic heterocycles. The molecule has 0 saturated carbocycles. The number of carbonyl (C=O) groups is 1. The topological polar surface area (TPSA) is 49.3 Å². The molecular weight excluding hydrogens is 302 g/mol. The number of hydrogen-bond acceptors (Lipinski definition) is 4.